The summed E-state index contributed by atoms with van der Waals surface area (Å²) in [5.74, 6) is 5.62. The van der Waals surface area contributed by atoms with E-state index in [-0.39, 0.29) is 6.61 Å². The first-order valence-corrected chi connectivity index (χ1v) is 6.21. The molecule has 0 heterocycles. The lowest BCUT2D eigenvalue weighted by atomic mass is 10.1. The average molecular weight is 231 g/mol. The van der Waals surface area contributed by atoms with Gasteiger partial charge < -0.3 is 5.11 Å². The van der Waals surface area contributed by atoms with Gasteiger partial charge in [-0.1, -0.05) is 37.8 Å². The molecule has 0 bridgehead atoms. The molecule has 0 aliphatic rings. The molecule has 0 radical (unpaired) electrons. The molecule has 2 heteroatoms. The van der Waals surface area contributed by atoms with E-state index in [0.717, 1.165) is 25.2 Å². The Morgan fingerprint density at radius 3 is 2.76 bits per heavy atom. The van der Waals surface area contributed by atoms with Crippen LogP contribution in [-0.2, 0) is 6.54 Å². The number of nitrogens with zero attached hydrogens (tertiary/aromatic N) is 1. The summed E-state index contributed by atoms with van der Waals surface area (Å²) in [5.41, 5.74) is 2.26. The first-order chi connectivity index (χ1) is 8.30. The van der Waals surface area contributed by atoms with Crippen molar-refractivity contribution in [2.75, 3.05) is 19.7 Å². The van der Waals surface area contributed by atoms with Gasteiger partial charge in [-0.05, 0) is 37.2 Å². The summed E-state index contributed by atoms with van der Waals surface area (Å²) < 4.78 is 0. The Hall–Kier alpha value is -1.30. The van der Waals surface area contributed by atoms with Crippen molar-refractivity contribution in [3.05, 3.63) is 35.4 Å². The molecule has 1 rings (SSSR count). The molecule has 0 aliphatic carbocycles. The van der Waals surface area contributed by atoms with E-state index in [9.17, 15) is 0 Å². The Kier molecular flexibility index (Phi) is 6.39. The summed E-state index contributed by atoms with van der Waals surface area (Å²) >= 11 is 0. The van der Waals surface area contributed by atoms with Crippen LogP contribution in [0.3, 0.4) is 0 Å². The fourth-order valence-corrected chi connectivity index (χ4v) is 1.81. The molecule has 17 heavy (non-hydrogen) atoms. The van der Waals surface area contributed by atoms with Gasteiger partial charge >= 0.3 is 0 Å². The number of hydrogen-bond donors (Lipinski definition) is 1. The van der Waals surface area contributed by atoms with Gasteiger partial charge in [-0.2, -0.15) is 0 Å². The van der Waals surface area contributed by atoms with E-state index in [0.29, 0.717) is 0 Å². The van der Waals surface area contributed by atoms with Crippen molar-refractivity contribution in [1.29, 1.82) is 0 Å². The van der Waals surface area contributed by atoms with Crippen molar-refractivity contribution < 1.29 is 5.11 Å². The lowest BCUT2D eigenvalue weighted by Crippen LogP contribution is -2.23. The van der Waals surface area contributed by atoms with Crippen molar-refractivity contribution in [3.8, 4) is 11.8 Å². The Labute approximate surface area is 104 Å². The van der Waals surface area contributed by atoms with Crippen LogP contribution in [0.4, 0.5) is 0 Å². The van der Waals surface area contributed by atoms with Crippen LogP contribution in [0.1, 0.15) is 31.4 Å². The van der Waals surface area contributed by atoms with Gasteiger partial charge in [0.05, 0.1) is 0 Å². The maximum absolute atomic E-state index is 8.67. The highest BCUT2D eigenvalue weighted by atomic mass is 16.2. The van der Waals surface area contributed by atoms with Crippen LogP contribution in [-0.4, -0.2) is 29.7 Å². The third kappa shape index (κ3) is 5.04. The first kappa shape index (κ1) is 13.8. The van der Waals surface area contributed by atoms with Crippen molar-refractivity contribution in [3.63, 3.8) is 0 Å². The standard InChI is InChI=1S/C15H21NO/c1-3-10-16(4-2)13-15-8-5-7-14(12-15)9-6-11-17/h5,7-8,12,17H,3-4,10-11,13H2,1-2H3. The zero-order valence-corrected chi connectivity index (χ0v) is 10.7. The van der Waals surface area contributed by atoms with E-state index in [1.807, 2.05) is 12.1 Å². The minimum Gasteiger partial charge on any atom is -0.384 e. The SMILES string of the molecule is CCCN(CC)Cc1cccc(C#CCO)c1. The molecular formula is C15H21NO. The Bertz CT molecular complexity index is 389. The lowest BCUT2D eigenvalue weighted by molar-refractivity contribution is 0.280. The van der Waals surface area contributed by atoms with Gasteiger partial charge in [-0.3, -0.25) is 4.90 Å². The van der Waals surface area contributed by atoms with Gasteiger partial charge in [0.25, 0.3) is 0 Å². The molecule has 0 saturated heterocycles. The van der Waals surface area contributed by atoms with E-state index in [4.69, 9.17) is 5.11 Å². The molecule has 0 spiro atoms. The monoisotopic (exact) mass is 231 g/mol. The van der Waals surface area contributed by atoms with Gasteiger partial charge in [0, 0.05) is 12.1 Å². The topological polar surface area (TPSA) is 23.5 Å². The van der Waals surface area contributed by atoms with Crippen molar-refractivity contribution in [1.82, 2.24) is 4.90 Å². The highest BCUT2D eigenvalue weighted by Gasteiger charge is 2.02. The van der Waals surface area contributed by atoms with Crippen LogP contribution in [0, 0.1) is 11.8 Å². The van der Waals surface area contributed by atoms with Crippen LogP contribution in [0.25, 0.3) is 0 Å². The molecule has 0 atom stereocenters. The fraction of sp³-hybridized carbons (Fsp3) is 0.467. The Morgan fingerprint density at radius 2 is 2.12 bits per heavy atom. The number of aliphatic hydroxyl groups excluding tert-OH is 1. The number of benzene rings is 1. The van der Waals surface area contributed by atoms with Crippen molar-refractivity contribution in [2.24, 2.45) is 0 Å². The molecule has 1 aromatic rings. The molecule has 0 unspecified atom stereocenters. The fourth-order valence-electron chi connectivity index (χ4n) is 1.81. The second-order valence-electron chi connectivity index (χ2n) is 4.03. The van der Waals surface area contributed by atoms with Crippen LogP contribution in [0.5, 0.6) is 0 Å². The van der Waals surface area contributed by atoms with Gasteiger partial charge in [0.1, 0.15) is 6.61 Å². The molecule has 0 aromatic heterocycles. The van der Waals surface area contributed by atoms with Crippen LogP contribution in [0.2, 0.25) is 0 Å². The van der Waals surface area contributed by atoms with Gasteiger partial charge in [0.2, 0.25) is 0 Å². The molecule has 2 nitrogen and oxygen atoms in total. The molecule has 0 fully saturated rings. The van der Waals surface area contributed by atoms with E-state index >= 15 is 0 Å². The lowest BCUT2D eigenvalue weighted by Gasteiger charge is -2.19. The molecule has 0 amide bonds. The summed E-state index contributed by atoms with van der Waals surface area (Å²) in [4.78, 5) is 2.42. The quantitative estimate of drug-likeness (QED) is 0.786. The van der Waals surface area contributed by atoms with Gasteiger partial charge in [-0.25, -0.2) is 0 Å². The summed E-state index contributed by atoms with van der Waals surface area (Å²) in [7, 11) is 0. The zero-order valence-electron chi connectivity index (χ0n) is 10.7. The molecule has 92 valence electrons. The minimum absolute atomic E-state index is 0.0822. The molecule has 0 aliphatic heterocycles. The van der Waals surface area contributed by atoms with E-state index in [1.165, 1.54) is 12.0 Å². The van der Waals surface area contributed by atoms with Crippen LogP contribution in [0.15, 0.2) is 24.3 Å². The highest BCUT2D eigenvalue weighted by Crippen LogP contribution is 2.08. The smallest absolute Gasteiger partial charge is 0.104 e. The molecule has 1 aromatic carbocycles. The van der Waals surface area contributed by atoms with Gasteiger partial charge in [-0.15, -0.1) is 0 Å². The number of hydrogen-bond acceptors (Lipinski definition) is 2. The number of aliphatic hydroxyl groups is 1. The average Bonchev–Trinajstić information content (AvgIpc) is 2.36. The normalized spacial score (nSPS) is 10.1. The predicted octanol–water partition coefficient (Wildman–Crippen LogP) is 2.26. The van der Waals surface area contributed by atoms with Crippen LogP contribution < -0.4 is 0 Å². The summed E-state index contributed by atoms with van der Waals surface area (Å²) in [6.45, 7) is 7.47. The second kappa shape index (κ2) is 7.89. The zero-order chi connectivity index (χ0) is 12.5. The van der Waals surface area contributed by atoms with Gasteiger partial charge in [0.15, 0.2) is 0 Å². The summed E-state index contributed by atoms with van der Waals surface area (Å²) in [6, 6.07) is 8.22. The Balaban J connectivity index is 2.70. The van der Waals surface area contributed by atoms with Crippen molar-refractivity contribution >= 4 is 0 Å². The third-order valence-electron chi connectivity index (χ3n) is 2.63. The summed E-state index contributed by atoms with van der Waals surface area (Å²) in [6.07, 6.45) is 1.18. The second-order valence-corrected chi connectivity index (χ2v) is 4.03. The summed E-state index contributed by atoms with van der Waals surface area (Å²) in [5, 5.41) is 8.67. The van der Waals surface area contributed by atoms with Crippen molar-refractivity contribution in [2.45, 2.75) is 26.8 Å². The maximum atomic E-state index is 8.67. The number of rotatable bonds is 5. The van der Waals surface area contributed by atoms with Crippen LogP contribution >= 0.6 is 0 Å². The maximum Gasteiger partial charge on any atom is 0.104 e. The first-order valence-electron chi connectivity index (χ1n) is 6.21. The van der Waals surface area contributed by atoms with E-state index < -0.39 is 0 Å². The minimum atomic E-state index is -0.0822. The van der Waals surface area contributed by atoms with E-state index in [1.54, 1.807) is 0 Å². The molecule has 1 N–H and O–H groups in total. The van der Waals surface area contributed by atoms with E-state index in [2.05, 4.69) is 42.7 Å². The highest BCUT2D eigenvalue weighted by molar-refractivity contribution is 5.37. The largest absolute Gasteiger partial charge is 0.384 e. The third-order valence-corrected chi connectivity index (χ3v) is 2.63. The predicted molar refractivity (Wildman–Crippen MR) is 71.6 cm³/mol. The molecular weight excluding hydrogens is 210 g/mol. The Morgan fingerprint density at radius 1 is 1.29 bits per heavy atom. The molecule has 0 saturated carbocycles.